The summed E-state index contributed by atoms with van der Waals surface area (Å²) < 4.78 is 0. The molecule has 0 radical (unpaired) electrons. The van der Waals surface area contributed by atoms with Crippen molar-refractivity contribution in [1.82, 2.24) is 10.3 Å². The molecule has 0 saturated carbocycles. The van der Waals surface area contributed by atoms with Gasteiger partial charge in [0.15, 0.2) is 24.4 Å². The van der Waals surface area contributed by atoms with Crippen LogP contribution in [0, 0.1) is 0 Å². The molecule has 9 N–H and O–H groups in total. The third-order valence-corrected chi connectivity index (χ3v) is 3.76. The number of hydrogen-bond donors (Lipinski definition) is 9. The van der Waals surface area contributed by atoms with Crippen molar-refractivity contribution < 1.29 is 60.0 Å². The molecule has 1 aromatic rings. The lowest BCUT2D eigenvalue weighted by Crippen LogP contribution is -2.39. The van der Waals surface area contributed by atoms with Gasteiger partial charge in [0.05, 0.1) is 0 Å². The smallest absolute Gasteiger partial charge is 0.335 e. The van der Waals surface area contributed by atoms with Crippen molar-refractivity contribution >= 4 is 23.9 Å². The minimum absolute atomic E-state index is 0.559. The molecule has 0 amide bonds. The largest absolute Gasteiger partial charge is 0.479 e. The van der Waals surface area contributed by atoms with Crippen LogP contribution in [0.15, 0.2) is 24.5 Å². The van der Waals surface area contributed by atoms with Crippen LogP contribution in [0.5, 0.6) is 0 Å². The zero-order valence-electron chi connectivity index (χ0n) is 16.0. The molecule has 1 aromatic heterocycles. The molecule has 1 fully saturated rings. The molecule has 2 rings (SSSR count). The Morgan fingerprint density at radius 3 is 1.52 bits per heavy atom. The van der Waals surface area contributed by atoms with E-state index in [4.69, 9.17) is 40.9 Å². The molecule has 14 nitrogen and oxygen atoms in total. The van der Waals surface area contributed by atoms with Crippen LogP contribution in [-0.4, -0.2) is 101 Å². The minimum Gasteiger partial charge on any atom is -0.479 e. The second kappa shape index (κ2) is 13.9. The standard InChI is InChI=1S/C9H12N2.2C4H6O6/c1-3-8(7-10-5-1)9-4-2-6-11-9;2*5-1(3(7)8)2(6)4(9)10/h1,3,5,7,9,11H,2,4,6H2;2*1-2,5-6H,(H,7,8)(H,9,10). The van der Waals surface area contributed by atoms with Crippen LogP contribution >= 0.6 is 0 Å². The van der Waals surface area contributed by atoms with Crippen molar-refractivity contribution in [3.05, 3.63) is 30.1 Å². The van der Waals surface area contributed by atoms with Gasteiger partial charge in [-0.05, 0) is 31.0 Å². The number of aliphatic carboxylic acids is 4. The van der Waals surface area contributed by atoms with Crippen LogP contribution < -0.4 is 5.32 Å². The van der Waals surface area contributed by atoms with E-state index in [1.807, 2.05) is 18.5 Å². The van der Waals surface area contributed by atoms with Gasteiger partial charge >= 0.3 is 23.9 Å². The van der Waals surface area contributed by atoms with Crippen LogP contribution in [0.3, 0.4) is 0 Å². The number of nitrogens with zero attached hydrogens (tertiary/aromatic N) is 1. The van der Waals surface area contributed by atoms with Crippen molar-refractivity contribution in [2.24, 2.45) is 0 Å². The summed E-state index contributed by atoms with van der Waals surface area (Å²) >= 11 is 0. The zero-order valence-corrected chi connectivity index (χ0v) is 16.0. The van der Waals surface area contributed by atoms with Gasteiger partial charge in [-0.3, -0.25) is 4.98 Å². The Hall–Kier alpha value is -3.17. The maximum absolute atomic E-state index is 9.77. The Morgan fingerprint density at radius 2 is 1.26 bits per heavy atom. The summed E-state index contributed by atoms with van der Waals surface area (Å²) in [6, 6.07) is 4.69. The summed E-state index contributed by atoms with van der Waals surface area (Å²) in [5.41, 5.74) is 1.32. The molecule has 0 aliphatic carbocycles. The number of aliphatic hydroxyl groups is 4. The normalized spacial score (nSPS) is 18.6. The fourth-order valence-corrected chi connectivity index (χ4v) is 2.09. The number of carboxylic acids is 4. The number of rotatable bonds is 7. The molecule has 1 aliphatic heterocycles. The van der Waals surface area contributed by atoms with E-state index in [1.54, 1.807) is 0 Å². The highest BCUT2D eigenvalue weighted by molar-refractivity contribution is 5.83. The summed E-state index contributed by atoms with van der Waals surface area (Å²) in [6.45, 7) is 1.15. The molecule has 31 heavy (non-hydrogen) atoms. The molecule has 5 atom stereocenters. The molecule has 1 saturated heterocycles. The van der Waals surface area contributed by atoms with Crippen LogP contribution in [0.1, 0.15) is 24.4 Å². The highest BCUT2D eigenvalue weighted by Crippen LogP contribution is 2.21. The number of nitrogens with one attached hydrogen (secondary N) is 1. The summed E-state index contributed by atoms with van der Waals surface area (Å²) in [5, 5.41) is 68.5. The first kappa shape index (κ1) is 27.8. The van der Waals surface area contributed by atoms with Crippen LogP contribution in [0.25, 0.3) is 0 Å². The fraction of sp³-hybridized carbons (Fsp3) is 0.471. The number of aliphatic hydroxyl groups excluding tert-OH is 4. The van der Waals surface area contributed by atoms with E-state index in [0.29, 0.717) is 6.04 Å². The van der Waals surface area contributed by atoms with Crippen molar-refractivity contribution in [2.45, 2.75) is 43.3 Å². The van der Waals surface area contributed by atoms with E-state index in [2.05, 4.69) is 16.4 Å². The van der Waals surface area contributed by atoms with E-state index in [0.717, 1.165) is 6.54 Å². The highest BCUT2D eigenvalue weighted by atomic mass is 16.4. The lowest BCUT2D eigenvalue weighted by atomic mass is 10.1. The summed E-state index contributed by atoms with van der Waals surface area (Å²) in [6.07, 6.45) is -2.75. The number of aromatic nitrogens is 1. The quantitative estimate of drug-likeness (QED) is 0.205. The van der Waals surface area contributed by atoms with E-state index >= 15 is 0 Å². The molecule has 0 bridgehead atoms. The van der Waals surface area contributed by atoms with Crippen molar-refractivity contribution in [3.8, 4) is 0 Å². The monoisotopic (exact) mass is 448 g/mol. The molecule has 0 spiro atoms. The van der Waals surface area contributed by atoms with E-state index in [9.17, 15) is 19.2 Å². The van der Waals surface area contributed by atoms with E-state index < -0.39 is 48.3 Å². The first-order valence-corrected chi connectivity index (χ1v) is 8.66. The van der Waals surface area contributed by atoms with E-state index in [1.165, 1.54) is 18.4 Å². The number of carboxylic acid groups (broad SMARTS) is 4. The average Bonchev–Trinajstić information content (AvgIpc) is 3.27. The Balaban J connectivity index is 0.000000437. The van der Waals surface area contributed by atoms with Gasteiger partial charge in [-0.2, -0.15) is 0 Å². The van der Waals surface area contributed by atoms with Gasteiger partial charge in [-0.1, -0.05) is 6.07 Å². The van der Waals surface area contributed by atoms with Crippen molar-refractivity contribution in [1.29, 1.82) is 0 Å². The van der Waals surface area contributed by atoms with Crippen LogP contribution in [0.4, 0.5) is 0 Å². The molecular weight excluding hydrogens is 424 g/mol. The molecular formula is C17H24N2O12. The van der Waals surface area contributed by atoms with Gasteiger partial charge in [0.2, 0.25) is 0 Å². The molecule has 0 aromatic carbocycles. The second-order valence-electron chi connectivity index (χ2n) is 6.07. The fourth-order valence-electron chi connectivity index (χ4n) is 2.09. The topological polar surface area (TPSA) is 255 Å². The summed E-state index contributed by atoms with van der Waals surface area (Å²) in [7, 11) is 0. The molecule has 1 aliphatic rings. The van der Waals surface area contributed by atoms with E-state index in [-0.39, 0.29) is 0 Å². The maximum Gasteiger partial charge on any atom is 0.335 e. The minimum atomic E-state index is -2.27. The number of hydrogen-bond acceptors (Lipinski definition) is 10. The first-order valence-electron chi connectivity index (χ1n) is 8.66. The van der Waals surface area contributed by atoms with Gasteiger partial charge in [0.1, 0.15) is 0 Å². The van der Waals surface area contributed by atoms with Gasteiger partial charge < -0.3 is 46.2 Å². The predicted molar refractivity (Wildman–Crippen MR) is 98.8 cm³/mol. The Bertz CT molecular complexity index is 651. The highest BCUT2D eigenvalue weighted by Gasteiger charge is 2.30. The summed E-state index contributed by atoms with van der Waals surface area (Å²) in [5.74, 6) is -7.07. The molecule has 5 unspecified atom stereocenters. The molecule has 174 valence electrons. The van der Waals surface area contributed by atoms with Crippen LogP contribution in [0.2, 0.25) is 0 Å². The predicted octanol–water partition coefficient (Wildman–Crippen LogP) is -2.74. The number of carbonyl (C=O) groups is 4. The van der Waals surface area contributed by atoms with Gasteiger partial charge in [-0.15, -0.1) is 0 Å². The Morgan fingerprint density at radius 1 is 0.839 bits per heavy atom. The molecule has 14 heteroatoms. The Kier molecular flexibility index (Phi) is 12.5. The lowest BCUT2D eigenvalue weighted by molar-refractivity contribution is -0.165. The van der Waals surface area contributed by atoms with Gasteiger partial charge in [0.25, 0.3) is 0 Å². The average molecular weight is 448 g/mol. The Labute approximate surface area is 175 Å². The molecule has 2 heterocycles. The second-order valence-corrected chi connectivity index (χ2v) is 6.07. The van der Waals surface area contributed by atoms with Gasteiger partial charge in [-0.25, -0.2) is 19.2 Å². The first-order chi connectivity index (χ1) is 14.4. The summed E-state index contributed by atoms with van der Waals surface area (Å²) in [4.78, 5) is 43.2. The lowest BCUT2D eigenvalue weighted by Gasteiger charge is -2.08. The maximum atomic E-state index is 9.77. The van der Waals surface area contributed by atoms with Crippen molar-refractivity contribution in [2.75, 3.05) is 6.54 Å². The zero-order chi connectivity index (χ0) is 24.1. The SMILES string of the molecule is O=C(O)C(O)C(O)C(=O)O.O=C(O)C(O)C(O)C(=O)O.c1cncc(C2CCCN2)c1. The van der Waals surface area contributed by atoms with Crippen molar-refractivity contribution in [3.63, 3.8) is 0 Å². The van der Waals surface area contributed by atoms with Crippen LogP contribution in [-0.2, 0) is 19.2 Å². The number of pyridine rings is 1. The third-order valence-electron chi connectivity index (χ3n) is 3.76. The van der Waals surface area contributed by atoms with Gasteiger partial charge in [0, 0.05) is 18.4 Å². The third kappa shape index (κ3) is 10.4.